The Hall–Kier alpha value is -0.453. The molecule has 0 N–H and O–H groups in total. The highest BCUT2D eigenvalue weighted by Crippen LogP contribution is 2.38. The molecule has 0 rings (SSSR count). The van der Waals surface area contributed by atoms with Crippen LogP contribution in [0.2, 0.25) is 0 Å². The molecule has 0 atom stereocenters. The first-order valence-corrected chi connectivity index (χ1v) is 7.25. The zero-order valence-corrected chi connectivity index (χ0v) is 13.8. The molecule has 22 heavy (non-hydrogen) atoms. The molecule has 0 unspecified atom stereocenters. The van der Waals surface area contributed by atoms with Crippen LogP contribution in [0, 0.1) is 0 Å². The van der Waals surface area contributed by atoms with Crippen molar-refractivity contribution in [3.63, 3.8) is 0 Å². The predicted octanol–water partition coefficient (Wildman–Crippen LogP) is 4.44. The van der Waals surface area contributed by atoms with Crippen molar-refractivity contribution in [2.75, 3.05) is 0 Å². The lowest BCUT2D eigenvalue weighted by molar-refractivity contribution is -0.160. The van der Waals surface area contributed by atoms with Gasteiger partial charge in [-0.15, -0.1) is 0 Å². The molecule has 0 heterocycles. The van der Waals surface area contributed by atoms with E-state index < -0.39 is 69.1 Å². The van der Waals surface area contributed by atoms with Crippen LogP contribution in [0.3, 0.4) is 0 Å². The minimum Gasteiger partial charge on any atom is -0.422 e. The van der Waals surface area contributed by atoms with E-state index in [0.717, 1.165) is 0 Å². The monoisotopic (exact) mass is 364 g/mol. The second-order valence-electron chi connectivity index (χ2n) is 5.09. The molecule has 0 saturated carbocycles. The third-order valence-corrected chi connectivity index (χ3v) is 4.12. The van der Waals surface area contributed by atoms with E-state index in [1.54, 1.807) is 0 Å². The largest absolute Gasteiger partial charge is 0.422 e. The van der Waals surface area contributed by atoms with Crippen molar-refractivity contribution >= 4 is 10.5 Å². The fourth-order valence-electron chi connectivity index (χ4n) is 2.03. The van der Waals surface area contributed by atoms with Gasteiger partial charge in [0.25, 0.3) is 0 Å². The van der Waals surface area contributed by atoms with Gasteiger partial charge >= 0.3 is 18.5 Å². The van der Waals surface area contributed by atoms with Crippen molar-refractivity contribution in [2.24, 2.45) is 0 Å². The Morgan fingerprint density at radius 3 is 1.18 bits per heavy atom. The molecule has 0 saturated heterocycles. The molecule has 0 aliphatic rings. The molecule has 0 aromatic rings. The van der Waals surface area contributed by atoms with Crippen molar-refractivity contribution in [2.45, 2.75) is 69.1 Å². The van der Waals surface area contributed by atoms with Crippen molar-refractivity contribution in [3.8, 4) is 0 Å². The summed E-state index contributed by atoms with van der Waals surface area (Å²) in [7, 11) is -0.162. The zero-order chi connectivity index (χ0) is 17.7. The molecule has 0 spiro atoms. The van der Waals surface area contributed by atoms with E-state index in [-0.39, 0.29) is 10.5 Å². The number of halogens is 9. The Kier molecular flexibility index (Phi) is 7.73. The maximum absolute atomic E-state index is 12.3. The van der Waals surface area contributed by atoms with Gasteiger partial charge in [0.1, 0.15) is 10.5 Å². The fourth-order valence-corrected chi connectivity index (χ4v) is 2.64. The molecule has 0 bridgehead atoms. The summed E-state index contributed by atoms with van der Waals surface area (Å²) in [5.41, 5.74) is -1.80. The van der Waals surface area contributed by atoms with Gasteiger partial charge < -0.3 is 4.43 Å². The summed E-state index contributed by atoms with van der Waals surface area (Å²) in [4.78, 5) is 0. The summed E-state index contributed by atoms with van der Waals surface area (Å²) >= 11 is 0. The van der Waals surface area contributed by atoms with Crippen LogP contribution in [0.4, 0.5) is 39.5 Å². The fraction of sp³-hybridized carbons (Fsp3) is 1.00. The van der Waals surface area contributed by atoms with Crippen LogP contribution in [0.25, 0.3) is 0 Å². The smallest absolute Gasteiger partial charge is 0.389 e. The van der Waals surface area contributed by atoms with Gasteiger partial charge in [-0.2, -0.15) is 39.5 Å². The summed E-state index contributed by atoms with van der Waals surface area (Å²) in [6.07, 6.45) is -20.4. The number of hydrogen-bond donors (Lipinski definition) is 0. The third-order valence-electron chi connectivity index (χ3n) is 3.25. The Balaban J connectivity index is 4.83. The van der Waals surface area contributed by atoms with Gasteiger partial charge in [-0.3, -0.25) is 0 Å². The summed E-state index contributed by atoms with van der Waals surface area (Å²) in [6.45, 7) is 0. The van der Waals surface area contributed by atoms with Crippen LogP contribution in [-0.4, -0.2) is 34.6 Å². The molecule has 0 aliphatic heterocycles. The van der Waals surface area contributed by atoms with Gasteiger partial charge in [-0.05, 0) is 25.7 Å². The summed E-state index contributed by atoms with van der Waals surface area (Å²) in [5.74, 6) is 0. The van der Waals surface area contributed by atoms with Crippen molar-refractivity contribution in [1.82, 2.24) is 0 Å². The molecule has 0 amide bonds. The molecule has 0 aromatic heterocycles. The predicted molar refractivity (Wildman–Crippen MR) is 64.2 cm³/mol. The molecule has 0 fully saturated rings. The average molecular weight is 364 g/mol. The van der Waals surface area contributed by atoms with Gasteiger partial charge in [0.2, 0.25) is 0 Å². The van der Waals surface area contributed by atoms with Gasteiger partial charge in [-0.1, -0.05) is 0 Å². The molecule has 134 valence electrons. The third kappa shape index (κ3) is 11.2. The summed E-state index contributed by atoms with van der Waals surface area (Å²) in [5, 5.41) is 0. The van der Waals surface area contributed by atoms with E-state index in [2.05, 4.69) is 0 Å². The quantitative estimate of drug-likeness (QED) is 0.457. The minimum atomic E-state index is -4.60. The first-order chi connectivity index (χ1) is 9.68. The Morgan fingerprint density at radius 1 is 0.545 bits per heavy atom. The first kappa shape index (κ1) is 21.5. The van der Waals surface area contributed by atoms with Crippen LogP contribution in [0.15, 0.2) is 0 Å². The van der Waals surface area contributed by atoms with E-state index in [1.165, 1.54) is 0 Å². The first-order valence-electron chi connectivity index (χ1n) is 6.43. The van der Waals surface area contributed by atoms with E-state index in [1.807, 2.05) is 0 Å². The molecule has 11 heteroatoms. The molecule has 0 aliphatic carbocycles. The van der Waals surface area contributed by atoms with E-state index in [4.69, 9.17) is 4.43 Å². The highest BCUT2D eigenvalue weighted by atomic mass is 28.2. The van der Waals surface area contributed by atoms with Gasteiger partial charge in [-0.25, -0.2) is 0 Å². The van der Waals surface area contributed by atoms with Crippen LogP contribution < -0.4 is 0 Å². The second-order valence-corrected chi connectivity index (χ2v) is 5.49. The molecular formula is C11H17F9OSi. The van der Waals surface area contributed by atoms with Crippen molar-refractivity contribution in [3.05, 3.63) is 0 Å². The summed E-state index contributed by atoms with van der Waals surface area (Å²) in [6, 6.07) is 0. The Labute approximate surface area is 124 Å². The lowest BCUT2D eigenvalue weighted by Crippen LogP contribution is -2.35. The van der Waals surface area contributed by atoms with Gasteiger partial charge in [0.15, 0.2) is 0 Å². The Morgan fingerprint density at radius 2 is 0.909 bits per heavy atom. The van der Waals surface area contributed by atoms with Crippen molar-refractivity contribution < 1.29 is 43.9 Å². The van der Waals surface area contributed by atoms with E-state index in [0.29, 0.717) is 0 Å². The van der Waals surface area contributed by atoms with E-state index in [9.17, 15) is 39.5 Å². The summed E-state index contributed by atoms with van der Waals surface area (Å²) < 4.78 is 115. The lowest BCUT2D eigenvalue weighted by Gasteiger charge is -2.34. The normalized spacial score (nSPS) is 14.6. The minimum absolute atomic E-state index is 0.162. The number of hydrogen-bond acceptors (Lipinski definition) is 1. The molecular weight excluding hydrogens is 347 g/mol. The van der Waals surface area contributed by atoms with E-state index >= 15 is 0 Å². The SMILES string of the molecule is FC(F)(F)CCCC(CCC(F)(F)F)(CCC(F)(F)F)O[SiH3]. The highest BCUT2D eigenvalue weighted by Gasteiger charge is 2.40. The number of rotatable bonds is 8. The maximum Gasteiger partial charge on any atom is 0.389 e. The topological polar surface area (TPSA) is 9.23 Å². The van der Waals surface area contributed by atoms with Crippen LogP contribution in [-0.2, 0) is 4.43 Å². The lowest BCUT2D eigenvalue weighted by atomic mass is 9.86. The van der Waals surface area contributed by atoms with Crippen LogP contribution >= 0.6 is 0 Å². The van der Waals surface area contributed by atoms with Crippen LogP contribution in [0.5, 0.6) is 0 Å². The molecule has 0 aromatic carbocycles. The van der Waals surface area contributed by atoms with Gasteiger partial charge in [0.05, 0.1) is 5.60 Å². The highest BCUT2D eigenvalue weighted by molar-refractivity contribution is 5.98. The van der Waals surface area contributed by atoms with Crippen LogP contribution in [0.1, 0.15) is 44.9 Å². The second kappa shape index (κ2) is 7.89. The molecule has 1 nitrogen and oxygen atoms in total. The van der Waals surface area contributed by atoms with Crippen molar-refractivity contribution in [1.29, 1.82) is 0 Å². The zero-order valence-electron chi connectivity index (χ0n) is 11.8. The number of alkyl halides is 9. The average Bonchev–Trinajstić information content (AvgIpc) is 2.28. The maximum atomic E-state index is 12.3. The van der Waals surface area contributed by atoms with Gasteiger partial charge in [0, 0.05) is 19.3 Å². The Bertz CT molecular complexity index is 303. The standard InChI is InChI=1S/C11H17F9OSi/c12-9(13,14)3-1-2-8(21-22,4-6-10(15,16)17)5-7-11(18,19)20/h1-7H2,22H3. The molecule has 0 radical (unpaired) electrons.